The van der Waals surface area contributed by atoms with Crippen molar-refractivity contribution in [3.63, 3.8) is 0 Å². The van der Waals surface area contributed by atoms with Gasteiger partial charge in [-0.05, 0) is 58.4 Å². The van der Waals surface area contributed by atoms with Crippen molar-refractivity contribution in [1.29, 1.82) is 0 Å². The third-order valence-electron chi connectivity index (χ3n) is 3.21. The molecule has 0 aliphatic carbocycles. The predicted molar refractivity (Wildman–Crippen MR) is 90.5 cm³/mol. The first-order valence-electron chi connectivity index (χ1n) is 6.46. The number of hydrogen-bond donors (Lipinski definition) is 1. The molecular formula is C16H17BrClNO2. The summed E-state index contributed by atoms with van der Waals surface area (Å²) in [4.78, 5) is 0. The van der Waals surface area contributed by atoms with Crippen molar-refractivity contribution in [1.82, 2.24) is 5.32 Å². The molecule has 0 amide bonds. The fraction of sp³-hybridized carbons (Fsp3) is 0.250. The Morgan fingerprint density at radius 3 is 2.43 bits per heavy atom. The van der Waals surface area contributed by atoms with Gasteiger partial charge in [0.25, 0.3) is 0 Å². The summed E-state index contributed by atoms with van der Waals surface area (Å²) in [5, 5.41) is 3.88. The molecule has 0 fully saturated rings. The lowest BCUT2D eigenvalue weighted by Gasteiger charge is -2.16. The second-order valence-electron chi connectivity index (χ2n) is 4.49. The number of ether oxygens (including phenoxy) is 2. The number of halogens is 2. The Labute approximate surface area is 138 Å². The molecule has 1 N–H and O–H groups in total. The van der Waals surface area contributed by atoms with Crippen LogP contribution < -0.4 is 14.8 Å². The lowest BCUT2D eigenvalue weighted by Crippen LogP contribution is -2.06. The van der Waals surface area contributed by atoms with Crippen molar-refractivity contribution in [3.8, 4) is 22.6 Å². The highest BCUT2D eigenvalue weighted by atomic mass is 79.9. The highest BCUT2D eigenvalue weighted by Gasteiger charge is 2.16. The van der Waals surface area contributed by atoms with Gasteiger partial charge in [0, 0.05) is 17.1 Å². The normalized spacial score (nSPS) is 10.5. The van der Waals surface area contributed by atoms with E-state index in [2.05, 4.69) is 21.2 Å². The highest BCUT2D eigenvalue weighted by Crippen LogP contribution is 2.43. The molecule has 0 atom stereocenters. The molecule has 0 saturated heterocycles. The Bertz CT molecular complexity index is 646. The topological polar surface area (TPSA) is 30.5 Å². The van der Waals surface area contributed by atoms with Crippen molar-refractivity contribution < 1.29 is 9.47 Å². The van der Waals surface area contributed by atoms with Gasteiger partial charge in [-0.2, -0.15) is 0 Å². The molecule has 3 nitrogen and oxygen atoms in total. The molecule has 0 aliphatic rings. The summed E-state index contributed by atoms with van der Waals surface area (Å²) in [6.45, 7) is 0.725. The molecular weight excluding hydrogens is 354 g/mol. The Kier molecular flexibility index (Phi) is 5.51. The lowest BCUT2D eigenvalue weighted by atomic mass is 9.98. The zero-order chi connectivity index (χ0) is 15.4. The summed E-state index contributed by atoms with van der Waals surface area (Å²) in [5.41, 5.74) is 3.18. The molecule has 112 valence electrons. The molecule has 2 rings (SSSR count). The van der Waals surface area contributed by atoms with E-state index in [1.807, 2.05) is 37.4 Å². The van der Waals surface area contributed by atoms with E-state index in [0.717, 1.165) is 44.2 Å². The first-order valence-corrected chi connectivity index (χ1v) is 7.63. The van der Waals surface area contributed by atoms with Crippen LogP contribution in [0.5, 0.6) is 11.5 Å². The van der Waals surface area contributed by atoms with Crippen LogP contribution in [0.4, 0.5) is 0 Å². The largest absolute Gasteiger partial charge is 0.495 e. The molecule has 0 spiro atoms. The molecule has 0 radical (unpaired) electrons. The summed E-state index contributed by atoms with van der Waals surface area (Å²) in [6.07, 6.45) is 0. The molecule has 2 aromatic carbocycles. The van der Waals surface area contributed by atoms with Gasteiger partial charge >= 0.3 is 0 Å². The van der Waals surface area contributed by atoms with Gasteiger partial charge in [0.15, 0.2) is 0 Å². The third kappa shape index (κ3) is 3.34. The van der Waals surface area contributed by atoms with Crippen molar-refractivity contribution in [2.45, 2.75) is 6.54 Å². The molecule has 0 saturated carbocycles. The summed E-state index contributed by atoms with van der Waals surface area (Å²) in [6, 6.07) is 9.76. The van der Waals surface area contributed by atoms with Gasteiger partial charge < -0.3 is 14.8 Å². The van der Waals surface area contributed by atoms with Crippen LogP contribution >= 0.6 is 27.5 Å². The molecule has 0 heterocycles. The first-order chi connectivity index (χ1) is 10.1. The smallest absolute Gasteiger partial charge is 0.144 e. The van der Waals surface area contributed by atoms with E-state index in [4.69, 9.17) is 21.1 Å². The molecule has 21 heavy (non-hydrogen) atoms. The number of nitrogens with one attached hydrogen (secondary N) is 1. The molecule has 0 bridgehead atoms. The average molecular weight is 371 g/mol. The zero-order valence-electron chi connectivity index (χ0n) is 12.2. The summed E-state index contributed by atoms with van der Waals surface area (Å²) >= 11 is 9.64. The van der Waals surface area contributed by atoms with Crippen LogP contribution in [0.2, 0.25) is 5.02 Å². The minimum Gasteiger partial charge on any atom is -0.495 e. The Morgan fingerprint density at radius 2 is 1.81 bits per heavy atom. The fourth-order valence-corrected chi connectivity index (χ4v) is 3.13. The van der Waals surface area contributed by atoms with E-state index < -0.39 is 0 Å². The maximum atomic E-state index is 6.10. The highest BCUT2D eigenvalue weighted by molar-refractivity contribution is 9.10. The lowest BCUT2D eigenvalue weighted by molar-refractivity contribution is 0.390. The second-order valence-corrected chi connectivity index (χ2v) is 5.72. The van der Waals surface area contributed by atoms with Crippen LogP contribution in [-0.4, -0.2) is 21.3 Å². The van der Waals surface area contributed by atoms with Crippen molar-refractivity contribution in [2.75, 3.05) is 21.3 Å². The molecule has 5 heteroatoms. The number of rotatable bonds is 5. The van der Waals surface area contributed by atoms with E-state index in [9.17, 15) is 0 Å². The number of hydrogen-bond acceptors (Lipinski definition) is 3. The summed E-state index contributed by atoms with van der Waals surface area (Å²) in [5.74, 6) is 1.48. The van der Waals surface area contributed by atoms with Crippen LogP contribution in [0, 0.1) is 0 Å². The maximum Gasteiger partial charge on any atom is 0.144 e. The van der Waals surface area contributed by atoms with Gasteiger partial charge in [0.05, 0.1) is 14.2 Å². The molecule has 0 unspecified atom stereocenters. The van der Waals surface area contributed by atoms with Crippen LogP contribution in [0.1, 0.15) is 5.56 Å². The predicted octanol–water partition coefficient (Wildman–Crippen LogP) is 4.51. The van der Waals surface area contributed by atoms with Crippen molar-refractivity contribution >= 4 is 27.5 Å². The van der Waals surface area contributed by atoms with Crippen LogP contribution in [0.25, 0.3) is 11.1 Å². The van der Waals surface area contributed by atoms with Crippen molar-refractivity contribution in [2.24, 2.45) is 0 Å². The van der Waals surface area contributed by atoms with Gasteiger partial charge in [0.1, 0.15) is 16.0 Å². The van der Waals surface area contributed by atoms with Gasteiger partial charge in [-0.25, -0.2) is 0 Å². The minimum absolute atomic E-state index is 0.718. The van der Waals surface area contributed by atoms with Crippen LogP contribution in [0.15, 0.2) is 34.8 Å². The Balaban J connectivity index is 2.64. The maximum absolute atomic E-state index is 6.10. The molecule has 2 aromatic rings. The van der Waals surface area contributed by atoms with Gasteiger partial charge in [0.2, 0.25) is 0 Å². The standard InChI is InChI=1S/C16H17BrClNO2/c1-19-9-10-8-11(18)4-5-12(10)13-6-7-14(20-2)15(17)16(13)21-3/h4-8,19H,9H2,1-3H3. The monoisotopic (exact) mass is 369 g/mol. The minimum atomic E-state index is 0.718. The third-order valence-corrected chi connectivity index (χ3v) is 4.20. The van der Waals surface area contributed by atoms with Gasteiger partial charge in [-0.1, -0.05) is 17.7 Å². The quantitative estimate of drug-likeness (QED) is 0.840. The Morgan fingerprint density at radius 1 is 1.10 bits per heavy atom. The van der Waals surface area contributed by atoms with Crippen molar-refractivity contribution in [3.05, 3.63) is 45.4 Å². The van der Waals surface area contributed by atoms with Crippen LogP contribution in [0.3, 0.4) is 0 Å². The van der Waals surface area contributed by atoms with Gasteiger partial charge in [-0.15, -0.1) is 0 Å². The van der Waals surface area contributed by atoms with E-state index >= 15 is 0 Å². The molecule has 0 aromatic heterocycles. The second kappa shape index (κ2) is 7.16. The van der Waals surface area contributed by atoms with E-state index in [1.54, 1.807) is 14.2 Å². The SMILES string of the molecule is CNCc1cc(Cl)ccc1-c1ccc(OC)c(Br)c1OC. The molecule has 0 aliphatic heterocycles. The van der Waals surface area contributed by atoms with Gasteiger partial charge in [-0.3, -0.25) is 0 Å². The number of benzene rings is 2. The average Bonchev–Trinajstić information content (AvgIpc) is 2.47. The van der Waals surface area contributed by atoms with Crippen LogP contribution in [-0.2, 0) is 6.54 Å². The van der Waals surface area contributed by atoms with E-state index in [-0.39, 0.29) is 0 Å². The number of methoxy groups -OCH3 is 2. The fourth-order valence-electron chi connectivity index (χ4n) is 2.27. The summed E-state index contributed by atoms with van der Waals surface area (Å²) < 4.78 is 11.7. The zero-order valence-corrected chi connectivity index (χ0v) is 14.5. The first kappa shape index (κ1) is 16.1. The summed E-state index contributed by atoms with van der Waals surface area (Å²) in [7, 11) is 5.19. The van der Waals surface area contributed by atoms with E-state index in [0.29, 0.717) is 0 Å². The Hall–Kier alpha value is -1.23. The van der Waals surface area contributed by atoms with E-state index in [1.165, 1.54) is 0 Å².